The second-order valence-electron chi connectivity index (χ2n) is 9.63. The van der Waals surface area contributed by atoms with Crippen LogP contribution in [0.25, 0.3) is 11.0 Å². The molecule has 2 amide bonds. The molecular formula is C23H30N4O2. The average Bonchev–Trinajstić information content (AvgIpc) is 3.11. The Morgan fingerprint density at radius 1 is 1.14 bits per heavy atom. The van der Waals surface area contributed by atoms with Crippen LogP contribution in [0, 0.1) is 23.2 Å². The van der Waals surface area contributed by atoms with E-state index in [1.165, 1.54) is 19.3 Å². The molecule has 1 aromatic carbocycles. The van der Waals surface area contributed by atoms with Gasteiger partial charge in [-0.05, 0) is 75.3 Å². The predicted molar refractivity (Wildman–Crippen MR) is 111 cm³/mol. The monoisotopic (exact) mass is 394 g/mol. The molecule has 6 rings (SSSR count). The van der Waals surface area contributed by atoms with Crippen LogP contribution in [0.5, 0.6) is 0 Å². The summed E-state index contributed by atoms with van der Waals surface area (Å²) in [6.07, 6.45) is 7.45. The third-order valence-corrected chi connectivity index (χ3v) is 7.35. The van der Waals surface area contributed by atoms with E-state index in [1.807, 2.05) is 31.2 Å². The van der Waals surface area contributed by atoms with Crippen molar-refractivity contribution in [1.82, 2.24) is 20.6 Å². The molecular weight excluding hydrogens is 364 g/mol. The van der Waals surface area contributed by atoms with E-state index in [0.717, 1.165) is 53.9 Å². The summed E-state index contributed by atoms with van der Waals surface area (Å²) in [7, 11) is 0. The second kappa shape index (κ2) is 7.15. The lowest BCUT2D eigenvalue weighted by molar-refractivity contribution is -0.146. The number of rotatable bonds is 6. The van der Waals surface area contributed by atoms with Gasteiger partial charge in [-0.1, -0.05) is 12.1 Å². The lowest BCUT2D eigenvalue weighted by atomic mass is 9.49. The number of aromatic nitrogens is 2. The first-order valence-electron chi connectivity index (χ1n) is 11.0. The molecule has 154 valence electrons. The number of hydrogen-bond acceptors (Lipinski definition) is 3. The van der Waals surface area contributed by atoms with Crippen molar-refractivity contribution in [1.29, 1.82) is 0 Å². The van der Waals surface area contributed by atoms with Crippen LogP contribution >= 0.6 is 0 Å². The summed E-state index contributed by atoms with van der Waals surface area (Å²) in [4.78, 5) is 33.1. The Bertz CT molecular complexity index is 866. The fraction of sp³-hybridized carbons (Fsp3) is 0.609. The number of imidazole rings is 1. The number of carbonyl (C=O) groups excluding carboxylic acids is 2. The molecule has 4 saturated carbocycles. The normalized spacial score (nSPS) is 31.0. The summed E-state index contributed by atoms with van der Waals surface area (Å²) >= 11 is 0. The molecule has 4 aliphatic rings. The molecule has 2 aromatic rings. The van der Waals surface area contributed by atoms with Crippen LogP contribution in [0.1, 0.15) is 63.7 Å². The minimum absolute atomic E-state index is 0.0660. The summed E-state index contributed by atoms with van der Waals surface area (Å²) in [5.74, 6) is 3.12. The molecule has 3 N–H and O–H groups in total. The Balaban J connectivity index is 1.12. The van der Waals surface area contributed by atoms with E-state index in [1.54, 1.807) is 0 Å². The van der Waals surface area contributed by atoms with Crippen LogP contribution in [-0.2, 0) is 9.59 Å². The van der Waals surface area contributed by atoms with Crippen molar-refractivity contribution in [2.45, 2.75) is 57.9 Å². The Hall–Kier alpha value is -2.37. The largest absolute Gasteiger partial charge is 0.355 e. The quantitative estimate of drug-likeness (QED) is 0.701. The number of aromatic amines is 1. The molecule has 0 radical (unpaired) electrons. The zero-order chi connectivity index (χ0) is 20.0. The first-order chi connectivity index (χ1) is 14.0. The molecule has 6 heteroatoms. The van der Waals surface area contributed by atoms with Gasteiger partial charge in [0.25, 0.3) is 0 Å². The molecule has 4 bridgehead atoms. The number of hydrogen-bond donors (Lipinski definition) is 3. The minimum atomic E-state index is -0.200. The Morgan fingerprint density at radius 3 is 2.45 bits per heavy atom. The molecule has 1 atom stereocenters. The lowest BCUT2D eigenvalue weighted by Gasteiger charge is -2.55. The summed E-state index contributed by atoms with van der Waals surface area (Å²) in [6, 6.07) is 7.63. The summed E-state index contributed by atoms with van der Waals surface area (Å²) < 4.78 is 0. The first-order valence-corrected chi connectivity index (χ1v) is 11.0. The summed E-state index contributed by atoms with van der Waals surface area (Å²) in [6.45, 7) is 2.32. The van der Waals surface area contributed by atoms with Gasteiger partial charge in [-0.25, -0.2) is 4.98 Å². The van der Waals surface area contributed by atoms with E-state index in [2.05, 4.69) is 20.6 Å². The Morgan fingerprint density at radius 2 is 1.79 bits per heavy atom. The standard InChI is InChI=1S/C23H30N4O2/c1-14(21-26-18-4-2-3-5-19(18)27-21)25-20(28)6-7-24-22(29)23-11-15-8-16(12-23)10-17(9-15)13-23/h2-5,14-17H,6-13H2,1H3,(H,24,29)(H,25,28)(H,26,27)/t14-,15?,16?,17?,23?/m0/s1. The predicted octanol–water partition coefficient (Wildman–Crippen LogP) is 3.46. The SMILES string of the molecule is C[C@H](NC(=O)CCNC(=O)C12CC3CC(CC(C3)C1)C2)c1nc2ccccc2[nH]1. The van der Waals surface area contributed by atoms with Crippen molar-refractivity contribution in [2.75, 3.05) is 6.54 Å². The highest BCUT2D eigenvalue weighted by atomic mass is 16.2. The van der Waals surface area contributed by atoms with Gasteiger partial charge in [-0.15, -0.1) is 0 Å². The van der Waals surface area contributed by atoms with E-state index >= 15 is 0 Å². The third kappa shape index (κ3) is 3.53. The van der Waals surface area contributed by atoms with Crippen molar-refractivity contribution in [3.63, 3.8) is 0 Å². The minimum Gasteiger partial charge on any atom is -0.355 e. The van der Waals surface area contributed by atoms with Gasteiger partial charge < -0.3 is 15.6 Å². The van der Waals surface area contributed by atoms with Gasteiger partial charge in [0.1, 0.15) is 5.82 Å². The number of nitrogens with one attached hydrogen (secondary N) is 3. The number of carbonyl (C=O) groups is 2. The lowest BCUT2D eigenvalue weighted by Crippen LogP contribution is -2.53. The molecule has 0 saturated heterocycles. The van der Waals surface area contributed by atoms with Crippen LogP contribution in [0.3, 0.4) is 0 Å². The molecule has 29 heavy (non-hydrogen) atoms. The fourth-order valence-corrected chi connectivity index (χ4v) is 6.43. The number of para-hydroxylation sites is 2. The number of benzene rings is 1. The zero-order valence-electron chi connectivity index (χ0n) is 17.0. The molecule has 6 nitrogen and oxygen atoms in total. The summed E-state index contributed by atoms with van der Waals surface area (Å²) in [5, 5.41) is 6.06. The van der Waals surface area contributed by atoms with Crippen LogP contribution in [0.4, 0.5) is 0 Å². The van der Waals surface area contributed by atoms with Gasteiger partial charge in [0.15, 0.2) is 0 Å². The highest BCUT2D eigenvalue weighted by molar-refractivity contribution is 5.84. The first kappa shape index (κ1) is 18.6. The van der Waals surface area contributed by atoms with E-state index < -0.39 is 0 Å². The smallest absolute Gasteiger partial charge is 0.226 e. The van der Waals surface area contributed by atoms with Gasteiger partial charge >= 0.3 is 0 Å². The van der Waals surface area contributed by atoms with Crippen LogP contribution in [0.15, 0.2) is 24.3 Å². The fourth-order valence-electron chi connectivity index (χ4n) is 6.43. The van der Waals surface area contributed by atoms with Crippen molar-refractivity contribution in [3.05, 3.63) is 30.1 Å². The zero-order valence-corrected chi connectivity index (χ0v) is 17.0. The molecule has 4 aliphatic carbocycles. The van der Waals surface area contributed by atoms with E-state index in [0.29, 0.717) is 13.0 Å². The Kier molecular flexibility index (Phi) is 4.60. The molecule has 1 heterocycles. The van der Waals surface area contributed by atoms with Crippen LogP contribution in [-0.4, -0.2) is 28.3 Å². The van der Waals surface area contributed by atoms with Gasteiger partial charge in [-0.3, -0.25) is 9.59 Å². The topological polar surface area (TPSA) is 86.9 Å². The van der Waals surface area contributed by atoms with E-state index in [4.69, 9.17) is 0 Å². The number of amides is 2. The van der Waals surface area contributed by atoms with Gasteiger partial charge in [0.05, 0.1) is 17.1 Å². The highest BCUT2D eigenvalue weighted by Gasteiger charge is 2.54. The van der Waals surface area contributed by atoms with E-state index in [9.17, 15) is 9.59 Å². The van der Waals surface area contributed by atoms with Gasteiger partial charge in [-0.2, -0.15) is 0 Å². The number of H-pyrrole nitrogens is 1. The van der Waals surface area contributed by atoms with Crippen molar-refractivity contribution < 1.29 is 9.59 Å². The third-order valence-electron chi connectivity index (χ3n) is 7.35. The van der Waals surface area contributed by atoms with Gasteiger partial charge in [0, 0.05) is 18.4 Å². The highest BCUT2D eigenvalue weighted by Crippen LogP contribution is 2.60. The molecule has 0 unspecified atom stereocenters. The maximum atomic E-state index is 13.0. The Labute approximate surface area is 171 Å². The maximum Gasteiger partial charge on any atom is 0.226 e. The van der Waals surface area contributed by atoms with Crippen LogP contribution < -0.4 is 10.6 Å². The van der Waals surface area contributed by atoms with Crippen LogP contribution in [0.2, 0.25) is 0 Å². The average molecular weight is 395 g/mol. The summed E-state index contributed by atoms with van der Waals surface area (Å²) in [5.41, 5.74) is 1.71. The van der Waals surface area contributed by atoms with Crippen molar-refractivity contribution in [2.24, 2.45) is 23.2 Å². The molecule has 0 spiro atoms. The van der Waals surface area contributed by atoms with E-state index in [-0.39, 0.29) is 23.3 Å². The number of nitrogens with zero attached hydrogens (tertiary/aromatic N) is 1. The molecule has 0 aliphatic heterocycles. The molecule has 1 aromatic heterocycles. The maximum absolute atomic E-state index is 13.0. The second-order valence-corrected chi connectivity index (χ2v) is 9.63. The van der Waals surface area contributed by atoms with Gasteiger partial charge in [0.2, 0.25) is 11.8 Å². The van der Waals surface area contributed by atoms with Crippen molar-refractivity contribution >= 4 is 22.8 Å². The van der Waals surface area contributed by atoms with Crippen molar-refractivity contribution in [3.8, 4) is 0 Å². The number of fused-ring (bicyclic) bond motifs is 1. The molecule has 4 fully saturated rings.